The van der Waals surface area contributed by atoms with Crippen LogP contribution in [0.1, 0.15) is 330 Å². The van der Waals surface area contributed by atoms with Gasteiger partial charge in [0, 0.05) is 19.3 Å². The Morgan fingerprint density at radius 1 is 0.292 bits per heavy atom. The van der Waals surface area contributed by atoms with Gasteiger partial charge >= 0.3 is 17.9 Å². The molecule has 1 atom stereocenters. The Morgan fingerprint density at radius 3 is 0.754 bits per heavy atom. The lowest BCUT2D eigenvalue weighted by Crippen LogP contribution is -2.30. The molecule has 0 saturated heterocycles. The van der Waals surface area contributed by atoms with Crippen molar-refractivity contribution in [1.82, 2.24) is 0 Å². The summed E-state index contributed by atoms with van der Waals surface area (Å²) in [6.07, 6.45) is 55.3. The zero-order chi connectivity index (χ0) is 47.5. The fourth-order valence-electron chi connectivity index (χ4n) is 9.05. The SMILES string of the molecule is CCCCCCCCCCCCCCC(=O)OC[C@@H](COC(=O)CCCCCCCCCCCCCC(C)C)OC(=O)CCCCCCCCCCCCCCCCCCCCC(C)C. The van der Waals surface area contributed by atoms with Crippen molar-refractivity contribution in [2.24, 2.45) is 11.8 Å². The highest BCUT2D eigenvalue weighted by atomic mass is 16.6. The molecule has 0 bridgehead atoms. The van der Waals surface area contributed by atoms with E-state index in [-0.39, 0.29) is 31.1 Å². The quantitative estimate of drug-likeness (QED) is 0.0344. The third-order valence-corrected chi connectivity index (χ3v) is 13.5. The van der Waals surface area contributed by atoms with Crippen LogP contribution in [0, 0.1) is 11.8 Å². The molecule has 0 saturated carbocycles. The second kappa shape index (κ2) is 51.8. The van der Waals surface area contributed by atoms with Crippen molar-refractivity contribution in [3.8, 4) is 0 Å². The minimum absolute atomic E-state index is 0.0627. The van der Waals surface area contributed by atoms with E-state index in [1.165, 1.54) is 218 Å². The molecule has 0 spiro atoms. The fourth-order valence-corrected chi connectivity index (χ4v) is 9.05. The van der Waals surface area contributed by atoms with Gasteiger partial charge in [0.25, 0.3) is 0 Å². The molecule has 0 aromatic rings. The van der Waals surface area contributed by atoms with Gasteiger partial charge in [-0.2, -0.15) is 0 Å². The summed E-state index contributed by atoms with van der Waals surface area (Å²) in [4.78, 5) is 38.1. The maximum Gasteiger partial charge on any atom is 0.306 e. The van der Waals surface area contributed by atoms with Gasteiger partial charge in [0.15, 0.2) is 6.10 Å². The van der Waals surface area contributed by atoms with E-state index in [1.54, 1.807) is 0 Å². The van der Waals surface area contributed by atoms with Crippen LogP contribution < -0.4 is 0 Å². The molecule has 0 heterocycles. The second-order valence-corrected chi connectivity index (χ2v) is 21.2. The first-order valence-corrected chi connectivity index (χ1v) is 29.2. The van der Waals surface area contributed by atoms with E-state index < -0.39 is 6.10 Å². The second-order valence-electron chi connectivity index (χ2n) is 21.2. The maximum atomic E-state index is 12.9. The number of unbranched alkanes of at least 4 members (excludes halogenated alkanes) is 38. The van der Waals surface area contributed by atoms with Crippen LogP contribution in [0.5, 0.6) is 0 Å². The molecular weight excluding hydrogens is 805 g/mol. The fraction of sp³-hybridized carbons (Fsp3) is 0.949. The van der Waals surface area contributed by atoms with E-state index in [0.29, 0.717) is 19.3 Å². The Bertz CT molecular complexity index is 993. The highest BCUT2D eigenvalue weighted by Gasteiger charge is 2.19. The third kappa shape index (κ3) is 53.2. The lowest BCUT2D eigenvalue weighted by molar-refractivity contribution is -0.167. The molecule has 0 fully saturated rings. The van der Waals surface area contributed by atoms with Crippen LogP contribution in [-0.4, -0.2) is 37.2 Å². The Hall–Kier alpha value is -1.59. The van der Waals surface area contributed by atoms with Gasteiger partial charge in [-0.25, -0.2) is 0 Å². The number of hydrogen-bond acceptors (Lipinski definition) is 6. The van der Waals surface area contributed by atoms with Gasteiger partial charge < -0.3 is 14.2 Å². The zero-order valence-electron chi connectivity index (χ0n) is 44.6. The average Bonchev–Trinajstić information content (AvgIpc) is 3.28. The van der Waals surface area contributed by atoms with Crippen molar-refractivity contribution in [3.05, 3.63) is 0 Å². The molecule has 0 amide bonds. The van der Waals surface area contributed by atoms with Gasteiger partial charge in [-0.3, -0.25) is 14.4 Å². The van der Waals surface area contributed by atoms with Crippen molar-refractivity contribution in [2.75, 3.05) is 13.2 Å². The Morgan fingerprint density at radius 2 is 0.508 bits per heavy atom. The van der Waals surface area contributed by atoms with Crippen LogP contribution in [0.4, 0.5) is 0 Å². The van der Waals surface area contributed by atoms with Crippen LogP contribution >= 0.6 is 0 Å². The lowest BCUT2D eigenvalue weighted by Gasteiger charge is -2.18. The minimum atomic E-state index is -0.762. The topological polar surface area (TPSA) is 78.9 Å². The number of esters is 3. The van der Waals surface area contributed by atoms with E-state index in [9.17, 15) is 14.4 Å². The maximum absolute atomic E-state index is 12.9. The zero-order valence-corrected chi connectivity index (χ0v) is 44.6. The summed E-state index contributed by atoms with van der Waals surface area (Å²) in [6.45, 7) is 11.4. The molecule has 0 aromatic heterocycles. The van der Waals surface area contributed by atoms with Gasteiger partial charge in [-0.15, -0.1) is 0 Å². The Kier molecular flexibility index (Phi) is 50.5. The minimum Gasteiger partial charge on any atom is -0.462 e. The molecule has 6 nitrogen and oxygen atoms in total. The van der Waals surface area contributed by atoms with E-state index in [2.05, 4.69) is 34.6 Å². The standard InChI is InChI=1S/C59H114O6/c1-6-7-8-9-10-11-12-24-29-34-39-44-49-57(60)63-52-56(53-64-58(61)50-45-40-35-30-26-21-23-28-33-38-43-48-55(4)5)65-59(62)51-46-41-36-31-25-20-18-16-14-13-15-17-19-22-27-32-37-42-47-54(2)3/h54-56H,6-53H2,1-5H3/t56-/m0/s1. The van der Waals surface area contributed by atoms with Gasteiger partial charge in [0.2, 0.25) is 0 Å². The molecule has 6 heteroatoms. The predicted molar refractivity (Wildman–Crippen MR) is 280 cm³/mol. The first kappa shape index (κ1) is 63.4. The predicted octanol–water partition coefficient (Wildman–Crippen LogP) is 19.3. The van der Waals surface area contributed by atoms with E-state index in [1.807, 2.05) is 0 Å². The summed E-state index contributed by atoms with van der Waals surface area (Å²) >= 11 is 0. The van der Waals surface area contributed by atoms with Crippen LogP contribution in [0.15, 0.2) is 0 Å². The normalized spacial score (nSPS) is 12.0. The smallest absolute Gasteiger partial charge is 0.306 e. The summed E-state index contributed by atoms with van der Waals surface area (Å²) in [5.41, 5.74) is 0. The van der Waals surface area contributed by atoms with Crippen molar-refractivity contribution in [3.63, 3.8) is 0 Å². The molecule has 386 valence electrons. The summed E-state index contributed by atoms with van der Waals surface area (Å²) in [5.74, 6) is 0.846. The van der Waals surface area contributed by atoms with E-state index >= 15 is 0 Å². The van der Waals surface area contributed by atoms with Crippen molar-refractivity contribution in [1.29, 1.82) is 0 Å². The average molecular weight is 920 g/mol. The van der Waals surface area contributed by atoms with Crippen LogP contribution in [0.2, 0.25) is 0 Å². The molecular formula is C59H114O6. The molecule has 0 aliphatic carbocycles. The lowest BCUT2D eigenvalue weighted by atomic mass is 10.0. The summed E-state index contributed by atoms with van der Waals surface area (Å²) < 4.78 is 16.9. The van der Waals surface area contributed by atoms with Crippen molar-refractivity contribution >= 4 is 17.9 Å². The summed E-state index contributed by atoms with van der Waals surface area (Å²) in [7, 11) is 0. The van der Waals surface area contributed by atoms with Crippen LogP contribution in [0.3, 0.4) is 0 Å². The molecule has 0 aliphatic heterocycles. The van der Waals surface area contributed by atoms with Gasteiger partial charge in [-0.1, -0.05) is 291 Å². The van der Waals surface area contributed by atoms with E-state index in [0.717, 1.165) is 69.6 Å². The highest BCUT2D eigenvalue weighted by Crippen LogP contribution is 2.18. The van der Waals surface area contributed by atoms with E-state index in [4.69, 9.17) is 14.2 Å². The van der Waals surface area contributed by atoms with Crippen LogP contribution in [-0.2, 0) is 28.6 Å². The van der Waals surface area contributed by atoms with Gasteiger partial charge in [0.05, 0.1) is 0 Å². The summed E-state index contributed by atoms with van der Waals surface area (Å²) in [6, 6.07) is 0. The third-order valence-electron chi connectivity index (χ3n) is 13.5. The summed E-state index contributed by atoms with van der Waals surface area (Å²) in [5, 5.41) is 0. The van der Waals surface area contributed by atoms with Crippen molar-refractivity contribution < 1.29 is 28.6 Å². The molecule has 65 heavy (non-hydrogen) atoms. The highest BCUT2D eigenvalue weighted by molar-refractivity contribution is 5.71. The van der Waals surface area contributed by atoms with Gasteiger partial charge in [0.1, 0.15) is 13.2 Å². The molecule has 0 aromatic carbocycles. The largest absolute Gasteiger partial charge is 0.462 e. The molecule has 0 aliphatic rings. The molecule has 0 rings (SSSR count). The number of ether oxygens (including phenoxy) is 3. The molecule has 0 N–H and O–H groups in total. The molecule has 0 unspecified atom stereocenters. The monoisotopic (exact) mass is 919 g/mol. The van der Waals surface area contributed by atoms with Crippen molar-refractivity contribution in [2.45, 2.75) is 336 Å². The number of carbonyl (C=O) groups excluding carboxylic acids is 3. The number of carbonyl (C=O) groups is 3. The first-order valence-electron chi connectivity index (χ1n) is 29.2. The number of hydrogen-bond donors (Lipinski definition) is 0. The Balaban J connectivity index is 4.25. The molecule has 0 radical (unpaired) electrons. The Labute approximate surface area is 406 Å². The number of rotatable bonds is 53. The van der Waals surface area contributed by atoms with Gasteiger partial charge in [-0.05, 0) is 31.1 Å². The van der Waals surface area contributed by atoms with Crippen LogP contribution in [0.25, 0.3) is 0 Å². The first-order chi connectivity index (χ1) is 31.7.